The van der Waals surface area contributed by atoms with Crippen LogP contribution in [0.2, 0.25) is 0 Å². The Bertz CT molecular complexity index is 1400. The van der Waals surface area contributed by atoms with Gasteiger partial charge in [0.1, 0.15) is 24.1 Å². The zero-order chi connectivity index (χ0) is 25.9. The Morgan fingerprint density at radius 1 is 1.11 bits per heavy atom. The quantitative estimate of drug-likeness (QED) is 0.378. The highest BCUT2D eigenvalue weighted by atomic mass is 16.5. The van der Waals surface area contributed by atoms with E-state index in [0.29, 0.717) is 30.6 Å². The maximum absolute atomic E-state index is 13.5. The summed E-state index contributed by atoms with van der Waals surface area (Å²) in [6, 6.07) is 11.8. The molecule has 0 unspecified atom stereocenters. The maximum atomic E-state index is 13.5. The molecular formula is C28H35N7O3. The number of nitrogens with one attached hydrogen (secondary N) is 1. The van der Waals surface area contributed by atoms with Crippen LogP contribution in [0.5, 0.6) is 5.75 Å². The van der Waals surface area contributed by atoms with Gasteiger partial charge in [0.05, 0.1) is 12.9 Å². The third kappa shape index (κ3) is 5.10. The van der Waals surface area contributed by atoms with Crippen LogP contribution in [0.4, 0.5) is 0 Å². The van der Waals surface area contributed by atoms with Crippen molar-refractivity contribution >= 4 is 10.9 Å². The first-order valence-electron chi connectivity index (χ1n) is 13.8. The molecule has 4 aromatic rings. The van der Waals surface area contributed by atoms with Crippen LogP contribution in [-0.2, 0) is 6.54 Å². The number of H-pyrrole nitrogens is 1. The van der Waals surface area contributed by atoms with Crippen molar-refractivity contribution < 1.29 is 9.15 Å². The van der Waals surface area contributed by atoms with Gasteiger partial charge in [-0.3, -0.25) is 14.6 Å². The number of ether oxygens (including phenoxy) is 1. The predicted molar refractivity (Wildman–Crippen MR) is 143 cm³/mol. The van der Waals surface area contributed by atoms with E-state index in [1.807, 2.05) is 43.3 Å². The van der Waals surface area contributed by atoms with Gasteiger partial charge in [-0.25, -0.2) is 4.68 Å². The van der Waals surface area contributed by atoms with Crippen LogP contribution in [0, 0.1) is 0 Å². The summed E-state index contributed by atoms with van der Waals surface area (Å²) in [5, 5.41) is 13.7. The minimum Gasteiger partial charge on any atom is -0.494 e. The molecule has 10 nitrogen and oxygen atoms in total. The van der Waals surface area contributed by atoms with E-state index >= 15 is 0 Å². The molecule has 38 heavy (non-hydrogen) atoms. The summed E-state index contributed by atoms with van der Waals surface area (Å²) in [5.74, 6) is 2.17. The first-order chi connectivity index (χ1) is 18.7. The summed E-state index contributed by atoms with van der Waals surface area (Å²) >= 11 is 0. The number of pyridine rings is 1. The molecule has 10 heteroatoms. The Morgan fingerprint density at radius 2 is 1.95 bits per heavy atom. The van der Waals surface area contributed by atoms with Gasteiger partial charge >= 0.3 is 0 Å². The molecule has 6 rings (SSSR count). The van der Waals surface area contributed by atoms with Crippen LogP contribution in [0.15, 0.2) is 51.9 Å². The molecule has 0 spiro atoms. The molecule has 1 N–H and O–H groups in total. The molecular weight excluding hydrogens is 482 g/mol. The molecule has 1 saturated heterocycles. The zero-order valence-electron chi connectivity index (χ0n) is 21.9. The summed E-state index contributed by atoms with van der Waals surface area (Å²) in [6.07, 6.45) is 8.23. The van der Waals surface area contributed by atoms with Crippen molar-refractivity contribution in [3.63, 3.8) is 0 Å². The van der Waals surface area contributed by atoms with Crippen LogP contribution in [0.1, 0.15) is 62.2 Å². The van der Waals surface area contributed by atoms with E-state index in [1.54, 1.807) is 10.9 Å². The molecule has 0 bridgehead atoms. The Kier molecular flexibility index (Phi) is 7.24. The highest BCUT2D eigenvalue weighted by Gasteiger charge is 2.34. The van der Waals surface area contributed by atoms with Gasteiger partial charge in [-0.15, -0.1) is 5.10 Å². The van der Waals surface area contributed by atoms with Gasteiger partial charge in [0.15, 0.2) is 5.82 Å². The molecule has 1 aliphatic heterocycles. The molecule has 1 saturated carbocycles. The molecule has 3 aromatic heterocycles. The molecule has 2 fully saturated rings. The van der Waals surface area contributed by atoms with Crippen molar-refractivity contribution in [3.05, 3.63) is 70.2 Å². The fraction of sp³-hybridized carbons (Fsp3) is 0.500. The van der Waals surface area contributed by atoms with Gasteiger partial charge in [0.2, 0.25) is 0 Å². The number of aromatic nitrogens is 5. The first kappa shape index (κ1) is 24.8. The molecule has 1 aromatic carbocycles. The number of hydrogen-bond donors (Lipinski definition) is 1. The third-order valence-electron chi connectivity index (χ3n) is 7.94. The lowest BCUT2D eigenvalue weighted by atomic mass is 9.93. The van der Waals surface area contributed by atoms with Gasteiger partial charge in [-0.05, 0) is 66.6 Å². The third-order valence-corrected chi connectivity index (χ3v) is 7.94. The van der Waals surface area contributed by atoms with Gasteiger partial charge in [-0.2, -0.15) is 0 Å². The minimum atomic E-state index is -0.391. The highest BCUT2D eigenvalue weighted by molar-refractivity contribution is 5.80. The van der Waals surface area contributed by atoms with Crippen LogP contribution in [0.3, 0.4) is 0 Å². The molecule has 0 amide bonds. The number of furan rings is 1. The lowest BCUT2D eigenvalue weighted by molar-refractivity contribution is 0.0617. The molecule has 0 radical (unpaired) electrons. The topological polar surface area (TPSA) is 105 Å². The van der Waals surface area contributed by atoms with Crippen LogP contribution >= 0.6 is 0 Å². The average molecular weight is 518 g/mol. The average Bonchev–Trinajstić information content (AvgIpc) is 3.63. The Morgan fingerprint density at radius 3 is 2.71 bits per heavy atom. The zero-order valence-corrected chi connectivity index (χ0v) is 21.9. The summed E-state index contributed by atoms with van der Waals surface area (Å²) in [5.41, 5.74) is 1.28. The van der Waals surface area contributed by atoms with Crippen molar-refractivity contribution in [2.75, 3.05) is 32.8 Å². The summed E-state index contributed by atoms with van der Waals surface area (Å²) < 4.78 is 13.0. The highest BCUT2D eigenvalue weighted by Crippen LogP contribution is 2.31. The van der Waals surface area contributed by atoms with E-state index in [2.05, 4.69) is 30.3 Å². The molecule has 200 valence electrons. The minimum absolute atomic E-state index is 0.131. The van der Waals surface area contributed by atoms with Gasteiger partial charge in [-0.1, -0.05) is 19.3 Å². The number of aromatic amines is 1. The summed E-state index contributed by atoms with van der Waals surface area (Å²) in [6.45, 7) is 6.56. The number of piperazine rings is 1. The Labute approximate surface area is 221 Å². The lowest BCUT2D eigenvalue weighted by Gasteiger charge is -2.42. The second-order valence-corrected chi connectivity index (χ2v) is 10.3. The fourth-order valence-electron chi connectivity index (χ4n) is 6.04. The smallest absolute Gasteiger partial charge is 0.253 e. The monoisotopic (exact) mass is 517 g/mol. The van der Waals surface area contributed by atoms with Crippen molar-refractivity contribution in [2.24, 2.45) is 0 Å². The predicted octanol–water partition coefficient (Wildman–Crippen LogP) is 3.59. The number of nitrogens with zero attached hydrogens (tertiary/aromatic N) is 6. The number of rotatable bonds is 8. The number of benzene rings is 1. The molecule has 1 aliphatic carbocycles. The van der Waals surface area contributed by atoms with Gasteiger partial charge in [0.25, 0.3) is 5.56 Å². The van der Waals surface area contributed by atoms with Crippen LogP contribution in [-0.4, -0.2) is 73.8 Å². The second kappa shape index (κ2) is 11.1. The normalized spacial score (nSPS) is 18.7. The maximum Gasteiger partial charge on any atom is 0.253 e. The second-order valence-electron chi connectivity index (χ2n) is 10.3. The number of hydrogen-bond acceptors (Lipinski definition) is 8. The molecule has 1 atom stereocenters. The fourth-order valence-corrected chi connectivity index (χ4v) is 6.04. The number of fused-ring (bicyclic) bond motifs is 1. The van der Waals surface area contributed by atoms with Crippen molar-refractivity contribution in [3.8, 4) is 5.75 Å². The Hall–Kier alpha value is -3.50. The van der Waals surface area contributed by atoms with E-state index in [0.717, 1.165) is 48.6 Å². The van der Waals surface area contributed by atoms with E-state index in [4.69, 9.17) is 9.15 Å². The van der Waals surface area contributed by atoms with E-state index in [9.17, 15) is 4.79 Å². The van der Waals surface area contributed by atoms with Crippen molar-refractivity contribution in [1.82, 2.24) is 35.0 Å². The van der Waals surface area contributed by atoms with E-state index < -0.39 is 6.04 Å². The summed E-state index contributed by atoms with van der Waals surface area (Å²) in [7, 11) is 0. The largest absolute Gasteiger partial charge is 0.494 e. The van der Waals surface area contributed by atoms with Gasteiger partial charge < -0.3 is 14.1 Å². The summed E-state index contributed by atoms with van der Waals surface area (Å²) in [4.78, 5) is 21.6. The van der Waals surface area contributed by atoms with E-state index in [1.165, 1.54) is 32.1 Å². The van der Waals surface area contributed by atoms with Crippen molar-refractivity contribution in [1.29, 1.82) is 0 Å². The standard InChI is InChI=1S/C28H35N7O3/c1-2-37-22-10-11-25-20(17-22)18-24(28(36)29-25)26(27-30-31-32-35(27)19-23-9-6-16-38-23)34-14-12-33(13-15-34)21-7-4-3-5-8-21/h6,9-11,16-18,21,26H,2-5,7-8,12-15,19H2,1H3,(H,29,36)/t26-/m0/s1. The van der Waals surface area contributed by atoms with Crippen LogP contribution < -0.4 is 10.3 Å². The molecule has 2 aliphatic rings. The number of tetrazole rings is 1. The van der Waals surface area contributed by atoms with Crippen LogP contribution in [0.25, 0.3) is 10.9 Å². The van der Waals surface area contributed by atoms with E-state index in [-0.39, 0.29) is 5.56 Å². The van der Waals surface area contributed by atoms with Gasteiger partial charge in [0, 0.05) is 48.7 Å². The molecule has 4 heterocycles. The van der Waals surface area contributed by atoms with Crippen molar-refractivity contribution in [2.45, 2.75) is 57.7 Å². The lowest BCUT2D eigenvalue weighted by Crippen LogP contribution is -2.52. The Balaban J connectivity index is 1.36. The SMILES string of the molecule is CCOc1ccc2[nH]c(=O)c([C@@H](c3nnnn3Cc3ccco3)N3CCN(C4CCCCC4)CC3)cc2c1. The first-order valence-corrected chi connectivity index (χ1v) is 13.8.